The number of hydrogen-bond acceptors (Lipinski definition) is 4. The van der Waals surface area contributed by atoms with Gasteiger partial charge in [-0.2, -0.15) is 0 Å². The molecule has 0 fully saturated rings. The molecule has 0 radical (unpaired) electrons. The number of carbonyl (C=O) groups excluding carboxylic acids is 1. The number of urea groups is 1. The molecule has 2 rings (SSSR count). The first-order valence-corrected chi connectivity index (χ1v) is 8.91. The normalized spacial score (nSPS) is 13.8. The summed E-state index contributed by atoms with van der Waals surface area (Å²) in [6.07, 6.45) is -0.945. The molecule has 2 aromatic carbocycles. The number of nitrogens with one attached hydrogen (secondary N) is 2. The molecule has 6 nitrogen and oxygen atoms in total. The number of carbonyl (C=O) groups is 1. The van der Waals surface area contributed by atoms with Gasteiger partial charge in [-0.05, 0) is 31.5 Å². The monoisotopic (exact) mass is 348 g/mol. The quantitative estimate of drug-likeness (QED) is 0.771. The molecule has 2 aromatic rings. The lowest BCUT2D eigenvalue weighted by Crippen LogP contribution is -2.45. The standard InChI is InChI=1S/C17H20N2O4S/c1-12-8-10-15(11-9-12)24(22,23)19-17(21)18-13(2)16(20)14-6-4-3-5-7-14/h3-11,13,16,20H,1-2H3,(H2,18,19,21)/t13-,16?/m1/s1. The predicted molar refractivity (Wildman–Crippen MR) is 90.9 cm³/mol. The first-order chi connectivity index (χ1) is 11.3. The van der Waals surface area contributed by atoms with Gasteiger partial charge in [-0.3, -0.25) is 0 Å². The van der Waals surface area contributed by atoms with Gasteiger partial charge >= 0.3 is 6.03 Å². The summed E-state index contributed by atoms with van der Waals surface area (Å²) in [5, 5.41) is 12.6. The van der Waals surface area contributed by atoms with E-state index in [-0.39, 0.29) is 4.90 Å². The van der Waals surface area contributed by atoms with Gasteiger partial charge in [0.05, 0.1) is 17.0 Å². The highest BCUT2D eigenvalue weighted by Crippen LogP contribution is 2.16. The van der Waals surface area contributed by atoms with Crippen molar-refractivity contribution in [1.29, 1.82) is 0 Å². The maximum absolute atomic E-state index is 12.1. The van der Waals surface area contributed by atoms with Crippen LogP contribution < -0.4 is 10.0 Å². The summed E-state index contributed by atoms with van der Waals surface area (Å²) in [6.45, 7) is 3.43. The van der Waals surface area contributed by atoms with Crippen molar-refractivity contribution in [2.24, 2.45) is 0 Å². The van der Waals surface area contributed by atoms with Gasteiger partial charge in [-0.15, -0.1) is 0 Å². The van der Waals surface area contributed by atoms with E-state index in [0.29, 0.717) is 5.56 Å². The lowest BCUT2D eigenvalue weighted by molar-refractivity contribution is 0.138. The smallest absolute Gasteiger partial charge is 0.329 e. The second-order valence-corrected chi connectivity index (χ2v) is 7.22. The second-order valence-electron chi connectivity index (χ2n) is 5.54. The number of benzene rings is 2. The van der Waals surface area contributed by atoms with Crippen LogP contribution in [-0.4, -0.2) is 25.6 Å². The Bertz CT molecular complexity index is 789. The minimum absolute atomic E-state index is 0.000453. The van der Waals surface area contributed by atoms with Crippen LogP contribution in [-0.2, 0) is 10.0 Å². The first-order valence-electron chi connectivity index (χ1n) is 7.42. The van der Waals surface area contributed by atoms with Gasteiger partial charge in [-0.25, -0.2) is 17.9 Å². The van der Waals surface area contributed by atoms with E-state index in [1.807, 2.05) is 17.7 Å². The number of amides is 2. The molecule has 0 bridgehead atoms. The van der Waals surface area contributed by atoms with Crippen molar-refractivity contribution < 1.29 is 18.3 Å². The molecular formula is C17H20N2O4S. The fourth-order valence-corrected chi connectivity index (χ4v) is 3.07. The topological polar surface area (TPSA) is 95.5 Å². The highest BCUT2D eigenvalue weighted by Gasteiger charge is 2.22. The van der Waals surface area contributed by atoms with Crippen LogP contribution in [0.3, 0.4) is 0 Å². The van der Waals surface area contributed by atoms with Crippen LogP contribution in [0.15, 0.2) is 59.5 Å². The summed E-state index contributed by atoms with van der Waals surface area (Å²) in [6, 6.07) is 13.4. The third-order valence-electron chi connectivity index (χ3n) is 3.53. The number of sulfonamides is 1. The summed E-state index contributed by atoms with van der Waals surface area (Å²) in [5.41, 5.74) is 1.55. The van der Waals surface area contributed by atoms with E-state index in [0.717, 1.165) is 5.56 Å². The van der Waals surface area contributed by atoms with E-state index < -0.39 is 28.2 Å². The van der Waals surface area contributed by atoms with Gasteiger partial charge in [0.25, 0.3) is 10.0 Å². The number of hydrogen-bond donors (Lipinski definition) is 3. The maximum atomic E-state index is 12.1. The van der Waals surface area contributed by atoms with Gasteiger partial charge < -0.3 is 10.4 Å². The molecule has 0 aliphatic rings. The Labute approximate surface area is 141 Å². The summed E-state index contributed by atoms with van der Waals surface area (Å²) in [4.78, 5) is 11.9. The summed E-state index contributed by atoms with van der Waals surface area (Å²) in [7, 11) is -3.96. The van der Waals surface area contributed by atoms with Crippen molar-refractivity contribution in [2.75, 3.05) is 0 Å². The SMILES string of the molecule is Cc1ccc(S(=O)(=O)NC(=O)N[C@H](C)C(O)c2ccccc2)cc1. The van der Waals surface area contributed by atoms with Crippen LogP contribution in [0.2, 0.25) is 0 Å². The average molecular weight is 348 g/mol. The number of aliphatic hydroxyl groups excluding tert-OH is 1. The summed E-state index contributed by atoms with van der Waals surface area (Å²) >= 11 is 0. The van der Waals surface area contributed by atoms with E-state index in [2.05, 4.69) is 5.32 Å². The zero-order valence-corrected chi connectivity index (χ0v) is 14.2. The van der Waals surface area contributed by atoms with Crippen molar-refractivity contribution in [2.45, 2.75) is 30.9 Å². The Morgan fingerprint density at radius 3 is 2.21 bits per heavy atom. The Hall–Kier alpha value is -2.38. The molecule has 0 spiro atoms. The summed E-state index contributed by atoms with van der Waals surface area (Å²) < 4.78 is 26.2. The molecule has 128 valence electrons. The third kappa shape index (κ3) is 4.56. The molecule has 0 saturated heterocycles. The van der Waals surface area contributed by atoms with E-state index >= 15 is 0 Å². The predicted octanol–water partition coefficient (Wildman–Crippen LogP) is 2.11. The van der Waals surface area contributed by atoms with Gasteiger partial charge in [0.1, 0.15) is 0 Å². The Morgan fingerprint density at radius 2 is 1.62 bits per heavy atom. The van der Waals surface area contributed by atoms with Crippen molar-refractivity contribution in [1.82, 2.24) is 10.0 Å². The molecule has 0 heterocycles. The zero-order valence-electron chi connectivity index (χ0n) is 13.4. The molecule has 2 amide bonds. The minimum Gasteiger partial charge on any atom is -0.386 e. The lowest BCUT2D eigenvalue weighted by atomic mass is 10.0. The number of rotatable bonds is 5. The molecule has 7 heteroatoms. The van der Waals surface area contributed by atoms with E-state index in [9.17, 15) is 18.3 Å². The fraction of sp³-hybridized carbons (Fsp3) is 0.235. The van der Waals surface area contributed by atoms with E-state index in [4.69, 9.17) is 0 Å². The van der Waals surface area contributed by atoms with Crippen molar-refractivity contribution in [3.63, 3.8) is 0 Å². The Balaban J connectivity index is 2.00. The van der Waals surface area contributed by atoms with Gasteiger partial charge in [0.2, 0.25) is 0 Å². The highest BCUT2D eigenvalue weighted by molar-refractivity contribution is 7.90. The van der Waals surface area contributed by atoms with Gasteiger partial charge in [0, 0.05) is 0 Å². The molecule has 2 atom stereocenters. The van der Waals surface area contributed by atoms with Crippen LogP contribution in [0, 0.1) is 6.92 Å². The molecule has 0 aromatic heterocycles. The number of aryl methyl sites for hydroxylation is 1. The molecule has 0 aliphatic heterocycles. The van der Waals surface area contributed by atoms with Gasteiger partial charge in [0.15, 0.2) is 0 Å². The zero-order chi connectivity index (χ0) is 17.7. The molecule has 24 heavy (non-hydrogen) atoms. The van der Waals surface area contributed by atoms with E-state index in [1.165, 1.54) is 12.1 Å². The van der Waals surface area contributed by atoms with Crippen LogP contribution >= 0.6 is 0 Å². The molecule has 0 aliphatic carbocycles. The van der Waals surface area contributed by atoms with Gasteiger partial charge in [-0.1, -0.05) is 48.0 Å². The van der Waals surface area contributed by atoms with Crippen LogP contribution in [0.1, 0.15) is 24.2 Å². The minimum atomic E-state index is -3.96. The number of aliphatic hydroxyl groups is 1. The van der Waals surface area contributed by atoms with Crippen molar-refractivity contribution in [3.8, 4) is 0 Å². The fourth-order valence-electron chi connectivity index (χ4n) is 2.15. The Morgan fingerprint density at radius 1 is 1.04 bits per heavy atom. The average Bonchev–Trinajstić information content (AvgIpc) is 2.54. The molecule has 3 N–H and O–H groups in total. The van der Waals surface area contributed by atoms with Crippen LogP contribution in [0.5, 0.6) is 0 Å². The lowest BCUT2D eigenvalue weighted by Gasteiger charge is -2.20. The van der Waals surface area contributed by atoms with Crippen molar-refractivity contribution >= 4 is 16.1 Å². The third-order valence-corrected chi connectivity index (χ3v) is 4.88. The van der Waals surface area contributed by atoms with Crippen LogP contribution in [0.25, 0.3) is 0 Å². The first kappa shape index (κ1) is 18.0. The summed E-state index contributed by atoms with van der Waals surface area (Å²) in [5.74, 6) is 0. The Kier molecular flexibility index (Phi) is 5.58. The van der Waals surface area contributed by atoms with E-state index in [1.54, 1.807) is 43.3 Å². The largest absolute Gasteiger partial charge is 0.386 e. The highest BCUT2D eigenvalue weighted by atomic mass is 32.2. The maximum Gasteiger partial charge on any atom is 0.329 e. The van der Waals surface area contributed by atoms with Crippen LogP contribution in [0.4, 0.5) is 4.79 Å². The van der Waals surface area contributed by atoms with Crippen molar-refractivity contribution in [3.05, 3.63) is 65.7 Å². The molecule has 1 unspecified atom stereocenters. The second kappa shape index (κ2) is 7.46. The molecule has 0 saturated carbocycles. The molecular weight excluding hydrogens is 328 g/mol.